The molecule has 2 aliphatic heterocycles. The number of carbonyl (C=O) groups excluding carboxylic acids is 2. The molecule has 0 aromatic carbocycles. The summed E-state index contributed by atoms with van der Waals surface area (Å²) in [6, 6.07) is 0. The Morgan fingerprint density at radius 2 is 1.64 bits per heavy atom. The molecular formula is C38H56O17. The van der Waals surface area contributed by atoms with Gasteiger partial charge in [0.2, 0.25) is 0 Å². The number of rotatable bonds is 12. The minimum atomic E-state index is -2.32. The van der Waals surface area contributed by atoms with Crippen molar-refractivity contribution in [3.05, 3.63) is 12.2 Å². The zero-order valence-corrected chi connectivity index (χ0v) is 31.7. The van der Waals surface area contributed by atoms with Gasteiger partial charge >= 0.3 is 23.9 Å². The number of aliphatic hydroxyl groups excluding tert-OH is 4. The molecule has 17 heteroatoms. The van der Waals surface area contributed by atoms with Gasteiger partial charge in [-0.3, -0.25) is 19.2 Å². The van der Waals surface area contributed by atoms with Gasteiger partial charge in [0.25, 0.3) is 0 Å². The van der Waals surface area contributed by atoms with Gasteiger partial charge in [-0.2, -0.15) is 0 Å². The molecule has 6 fully saturated rings. The van der Waals surface area contributed by atoms with Crippen molar-refractivity contribution in [1.29, 1.82) is 0 Å². The lowest BCUT2D eigenvalue weighted by Gasteiger charge is -2.64. The van der Waals surface area contributed by atoms with Crippen LogP contribution in [0.1, 0.15) is 79.1 Å². The van der Waals surface area contributed by atoms with E-state index in [2.05, 4.69) is 6.58 Å². The molecule has 17 nitrogen and oxygen atoms in total. The van der Waals surface area contributed by atoms with E-state index < -0.39 is 133 Å². The van der Waals surface area contributed by atoms with Crippen molar-refractivity contribution >= 4 is 23.9 Å². The predicted molar refractivity (Wildman–Crippen MR) is 184 cm³/mol. The van der Waals surface area contributed by atoms with Crippen LogP contribution in [0.4, 0.5) is 0 Å². The van der Waals surface area contributed by atoms with Crippen LogP contribution in [0.25, 0.3) is 0 Å². The first-order valence-corrected chi connectivity index (χ1v) is 19.2. The third kappa shape index (κ3) is 7.00. The van der Waals surface area contributed by atoms with E-state index in [1.807, 2.05) is 6.92 Å². The Balaban J connectivity index is 1.39. The van der Waals surface area contributed by atoms with E-state index >= 15 is 0 Å². The van der Waals surface area contributed by atoms with Crippen LogP contribution in [0.3, 0.4) is 0 Å². The highest BCUT2D eigenvalue weighted by Crippen LogP contribution is 2.72. The Bertz CT molecular complexity index is 1500. The maximum absolute atomic E-state index is 13.3. The molecule has 0 amide bonds. The van der Waals surface area contributed by atoms with E-state index in [0.29, 0.717) is 25.7 Å². The third-order valence-electron chi connectivity index (χ3n) is 13.7. The van der Waals surface area contributed by atoms with Crippen molar-refractivity contribution in [3.8, 4) is 0 Å². The number of aliphatic hydroxyl groups is 5. The lowest BCUT2D eigenvalue weighted by Crippen LogP contribution is -2.67. The Hall–Kier alpha value is -2.74. The first-order valence-electron chi connectivity index (χ1n) is 19.2. The maximum atomic E-state index is 13.3. The standard InChI is InChI=1S/C38H56O17/c1-17(2)10-25(41)54-28-27(55-32-30(44)37(49,15-39)16-51-32)26(42)22(14-50-19(4)40)53-31(28)52-21-12-35(5)23-7-6-20-11-36(23,29(43)18(20)3)9-8-24(35)38(13-21,33(45)46)34(47)48/h17,20-24,26-32,39,42-44,49H,3,6-16H2,1-2,4-5H3,(H,45,46)(H,47,48)/t20-,21+,22-,23+,24?,26-,27+,28-,29+,30+,31-,32+,35+,36-,37-/m1/s1. The molecular weight excluding hydrogens is 728 g/mol. The fourth-order valence-corrected chi connectivity index (χ4v) is 11.2. The molecule has 2 heterocycles. The van der Waals surface area contributed by atoms with Crippen molar-refractivity contribution in [3.63, 3.8) is 0 Å². The number of carboxylic acid groups (broad SMARTS) is 2. The largest absolute Gasteiger partial charge is 0.480 e. The quantitative estimate of drug-likeness (QED) is 0.0615. The van der Waals surface area contributed by atoms with E-state index in [4.69, 9.17) is 28.4 Å². The minimum absolute atomic E-state index is 0.0988. The molecule has 6 rings (SSSR count). The van der Waals surface area contributed by atoms with Gasteiger partial charge in [-0.25, -0.2) is 0 Å². The maximum Gasteiger partial charge on any atom is 0.321 e. The molecule has 55 heavy (non-hydrogen) atoms. The number of hydrogen-bond acceptors (Lipinski definition) is 15. The van der Waals surface area contributed by atoms with E-state index in [9.17, 15) is 54.9 Å². The first kappa shape index (κ1) is 41.9. The van der Waals surface area contributed by atoms with Gasteiger partial charge in [-0.1, -0.05) is 27.4 Å². The molecule has 0 radical (unpaired) electrons. The van der Waals surface area contributed by atoms with Crippen LogP contribution in [-0.4, -0.2) is 140 Å². The molecule has 2 saturated heterocycles. The summed E-state index contributed by atoms with van der Waals surface area (Å²) in [5, 5.41) is 76.1. The highest BCUT2D eigenvalue weighted by molar-refractivity contribution is 5.99. The van der Waals surface area contributed by atoms with E-state index in [-0.39, 0.29) is 37.0 Å². The molecule has 4 saturated carbocycles. The number of ether oxygens (including phenoxy) is 6. The Morgan fingerprint density at radius 1 is 0.945 bits per heavy atom. The van der Waals surface area contributed by atoms with Crippen LogP contribution in [0.15, 0.2) is 12.2 Å². The zero-order valence-electron chi connectivity index (χ0n) is 31.7. The highest BCUT2D eigenvalue weighted by atomic mass is 16.8. The second-order valence-electron chi connectivity index (χ2n) is 17.5. The average molecular weight is 785 g/mol. The summed E-state index contributed by atoms with van der Waals surface area (Å²) in [5.41, 5.74) is -5.31. The van der Waals surface area contributed by atoms with E-state index in [1.54, 1.807) is 13.8 Å². The predicted octanol–water partition coefficient (Wildman–Crippen LogP) is 0.503. The first-order chi connectivity index (χ1) is 25.7. The SMILES string of the molecule is C=C1[C@@H]2CC[C@@H]3[C@@](CCC4C(C(=O)O)(C(=O)O)C[C@@H](O[C@@H]5O[C@H](COC(C)=O)[C@@H](O)[C@H](O[C@@H]6OC[C@](O)(CO)[C@H]6O)[C@H]5OC(=O)CC(C)C)C[C@]43C)(C2)[C@H]1O. The lowest BCUT2D eigenvalue weighted by molar-refractivity contribution is -0.344. The summed E-state index contributed by atoms with van der Waals surface area (Å²) in [5.74, 6) is -5.77. The van der Waals surface area contributed by atoms with Gasteiger partial charge in [0.15, 0.2) is 24.1 Å². The van der Waals surface area contributed by atoms with Crippen molar-refractivity contribution in [2.75, 3.05) is 19.8 Å². The van der Waals surface area contributed by atoms with Gasteiger partial charge in [0.1, 0.15) is 36.6 Å². The summed E-state index contributed by atoms with van der Waals surface area (Å²) in [6.45, 7) is 8.71. The van der Waals surface area contributed by atoms with Crippen molar-refractivity contribution in [2.24, 2.45) is 39.9 Å². The Labute approximate surface area is 318 Å². The molecule has 310 valence electrons. The topological polar surface area (TPSA) is 265 Å². The molecule has 7 N–H and O–H groups in total. The van der Waals surface area contributed by atoms with Gasteiger partial charge < -0.3 is 64.2 Å². The van der Waals surface area contributed by atoms with Crippen LogP contribution in [0.5, 0.6) is 0 Å². The van der Waals surface area contributed by atoms with Gasteiger partial charge in [-0.15, -0.1) is 0 Å². The number of carboxylic acids is 2. The summed E-state index contributed by atoms with van der Waals surface area (Å²) < 4.78 is 35.2. The summed E-state index contributed by atoms with van der Waals surface area (Å²) in [4.78, 5) is 51.8. The van der Waals surface area contributed by atoms with Crippen molar-refractivity contribution in [2.45, 2.75) is 140 Å². The van der Waals surface area contributed by atoms with E-state index in [1.165, 1.54) is 0 Å². The van der Waals surface area contributed by atoms with Gasteiger partial charge in [0.05, 0.1) is 25.4 Å². The fourth-order valence-electron chi connectivity index (χ4n) is 11.2. The summed E-state index contributed by atoms with van der Waals surface area (Å²) in [7, 11) is 0. The van der Waals surface area contributed by atoms with Crippen LogP contribution in [0.2, 0.25) is 0 Å². The smallest absolute Gasteiger partial charge is 0.321 e. The molecule has 0 aromatic heterocycles. The van der Waals surface area contributed by atoms with Gasteiger partial charge in [-0.05, 0) is 73.2 Å². The van der Waals surface area contributed by atoms with Crippen molar-refractivity contribution in [1.82, 2.24) is 0 Å². The molecule has 0 aromatic rings. The number of aliphatic carboxylic acids is 2. The van der Waals surface area contributed by atoms with Gasteiger partial charge in [0, 0.05) is 25.2 Å². The molecule has 4 aliphatic carbocycles. The number of carbonyl (C=O) groups is 4. The molecule has 1 unspecified atom stereocenters. The molecule has 6 aliphatic rings. The fraction of sp³-hybridized carbons (Fsp3) is 0.842. The molecule has 2 bridgehead atoms. The minimum Gasteiger partial charge on any atom is -0.480 e. The second kappa shape index (κ2) is 15.2. The lowest BCUT2D eigenvalue weighted by atomic mass is 9.40. The number of esters is 2. The van der Waals surface area contributed by atoms with Crippen LogP contribution in [0, 0.1) is 39.9 Å². The Morgan fingerprint density at radius 3 is 2.24 bits per heavy atom. The average Bonchev–Trinajstić information content (AvgIpc) is 3.48. The van der Waals surface area contributed by atoms with Crippen LogP contribution >= 0.6 is 0 Å². The molecule has 1 spiro atoms. The normalized spacial score (nSPS) is 44.7. The monoisotopic (exact) mass is 784 g/mol. The summed E-state index contributed by atoms with van der Waals surface area (Å²) >= 11 is 0. The Kier molecular flexibility index (Phi) is 11.6. The summed E-state index contributed by atoms with van der Waals surface area (Å²) in [6.07, 6.45) is -11.5. The van der Waals surface area contributed by atoms with Crippen LogP contribution < -0.4 is 0 Å². The highest BCUT2D eigenvalue weighted by Gasteiger charge is 2.72. The van der Waals surface area contributed by atoms with Crippen molar-refractivity contribution < 1.29 is 83.3 Å². The number of hydrogen-bond donors (Lipinski definition) is 7. The van der Waals surface area contributed by atoms with E-state index in [0.717, 1.165) is 12.5 Å². The zero-order chi connectivity index (χ0) is 40.4. The number of fused-ring (bicyclic) bond motifs is 3. The molecule has 15 atom stereocenters. The van der Waals surface area contributed by atoms with Crippen LogP contribution in [-0.2, 0) is 47.6 Å². The third-order valence-corrected chi connectivity index (χ3v) is 13.7. The second-order valence-corrected chi connectivity index (χ2v) is 17.5.